The first-order chi connectivity index (χ1) is 5.83. The van der Waals surface area contributed by atoms with Gasteiger partial charge in [-0.05, 0) is 37.3 Å². The molecule has 0 radical (unpaired) electrons. The first-order valence-corrected chi connectivity index (χ1v) is 4.03. The molecule has 1 N–H and O–H groups in total. The summed E-state index contributed by atoms with van der Waals surface area (Å²) in [7, 11) is 0. The van der Waals surface area contributed by atoms with E-state index in [1.54, 1.807) is 12.1 Å². The molecule has 12 heavy (non-hydrogen) atoms. The molecule has 0 atom stereocenters. The Bertz CT molecular complexity index is 241. The van der Waals surface area contributed by atoms with Gasteiger partial charge in [0.15, 0.2) is 0 Å². The minimum Gasteiger partial charge on any atom is -0.508 e. The van der Waals surface area contributed by atoms with E-state index < -0.39 is 0 Å². The molecule has 0 aliphatic carbocycles. The zero-order valence-electron chi connectivity index (χ0n) is 7.03. The van der Waals surface area contributed by atoms with Crippen molar-refractivity contribution in [3.05, 3.63) is 29.8 Å². The molecule has 0 aliphatic heterocycles. The van der Waals surface area contributed by atoms with E-state index in [1.165, 1.54) is 5.56 Å². The number of rotatable bonds is 4. The summed E-state index contributed by atoms with van der Waals surface area (Å²) in [5, 5.41) is 9.00. The standard InChI is InChI=1S/C10H13NO/c1-11-8-2-3-9-4-6-10(12)7-5-9/h4-7,12H,1-3,8H2. The molecule has 0 saturated heterocycles. The third-order valence-electron chi connectivity index (χ3n) is 1.72. The fourth-order valence-corrected chi connectivity index (χ4v) is 1.06. The largest absolute Gasteiger partial charge is 0.508 e. The number of benzene rings is 1. The summed E-state index contributed by atoms with van der Waals surface area (Å²) in [5.74, 6) is 0.320. The molecule has 0 heterocycles. The Morgan fingerprint density at radius 1 is 1.25 bits per heavy atom. The van der Waals surface area contributed by atoms with Crippen LogP contribution in [0.25, 0.3) is 0 Å². The number of hydrogen-bond donors (Lipinski definition) is 1. The molecule has 64 valence electrons. The average molecular weight is 163 g/mol. The summed E-state index contributed by atoms with van der Waals surface area (Å²) in [6.45, 7) is 4.22. The maximum Gasteiger partial charge on any atom is 0.115 e. The molecule has 1 aromatic rings. The molecule has 0 amide bonds. The minimum absolute atomic E-state index is 0.320. The Balaban J connectivity index is 2.42. The Labute approximate surface area is 72.6 Å². The fraction of sp³-hybridized carbons (Fsp3) is 0.300. The Hall–Kier alpha value is -1.31. The van der Waals surface area contributed by atoms with Gasteiger partial charge >= 0.3 is 0 Å². The van der Waals surface area contributed by atoms with Gasteiger partial charge in [-0.2, -0.15) is 0 Å². The molecule has 2 heteroatoms. The summed E-state index contributed by atoms with van der Waals surface area (Å²) >= 11 is 0. The van der Waals surface area contributed by atoms with Crippen molar-refractivity contribution in [3.8, 4) is 5.75 Å². The van der Waals surface area contributed by atoms with Crippen molar-refractivity contribution >= 4 is 6.72 Å². The van der Waals surface area contributed by atoms with E-state index in [-0.39, 0.29) is 0 Å². The summed E-state index contributed by atoms with van der Waals surface area (Å²) < 4.78 is 0. The van der Waals surface area contributed by atoms with Crippen molar-refractivity contribution in [2.45, 2.75) is 12.8 Å². The lowest BCUT2D eigenvalue weighted by molar-refractivity contribution is 0.475. The Morgan fingerprint density at radius 3 is 2.50 bits per heavy atom. The van der Waals surface area contributed by atoms with Crippen molar-refractivity contribution in [1.82, 2.24) is 0 Å². The highest BCUT2D eigenvalue weighted by Gasteiger charge is 1.92. The van der Waals surface area contributed by atoms with Gasteiger partial charge in [0, 0.05) is 6.54 Å². The van der Waals surface area contributed by atoms with Crippen LogP contribution in [0.15, 0.2) is 29.3 Å². The smallest absolute Gasteiger partial charge is 0.115 e. The summed E-state index contributed by atoms with van der Waals surface area (Å²) in [6, 6.07) is 7.27. The molecule has 0 unspecified atom stereocenters. The van der Waals surface area contributed by atoms with Gasteiger partial charge in [-0.25, -0.2) is 0 Å². The number of aliphatic imine (C=N–C) groups is 1. The van der Waals surface area contributed by atoms with Crippen LogP contribution in [-0.2, 0) is 6.42 Å². The Morgan fingerprint density at radius 2 is 1.92 bits per heavy atom. The van der Waals surface area contributed by atoms with E-state index in [1.807, 2.05) is 12.1 Å². The van der Waals surface area contributed by atoms with Crippen molar-refractivity contribution in [3.63, 3.8) is 0 Å². The van der Waals surface area contributed by atoms with Gasteiger partial charge in [0.2, 0.25) is 0 Å². The van der Waals surface area contributed by atoms with E-state index in [2.05, 4.69) is 11.7 Å². The molecule has 1 aromatic carbocycles. The van der Waals surface area contributed by atoms with Crippen LogP contribution in [0.1, 0.15) is 12.0 Å². The topological polar surface area (TPSA) is 32.6 Å². The molecular weight excluding hydrogens is 150 g/mol. The number of phenolic OH excluding ortho intramolecular Hbond substituents is 1. The van der Waals surface area contributed by atoms with Gasteiger partial charge in [-0.1, -0.05) is 12.1 Å². The zero-order chi connectivity index (χ0) is 8.81. The molecule has 1 rings (SSSR count). The molecule has 0 fully saturated rings. The highest BCUT2D eigenvalue weighted by atomic mass is 16.3. The van der Waals surface area contributed by atoms with Crippen LogP contribution in [-0.4, -0.2) is 18.4 Å². The monoisotopic (exact) mass is 163 g/mol. The molecule has 0 aliphatic rings. The Kier molecular flexibility index (Phi) is 3.33. The normalized spacial score (nSPS) is 9.67. The van der Waals surface area contributed by atoms with Crippen LogP contribution in [0.5, 0.6) is 5.75 Å². The average Bonchev–Trinajstić information content (AvgIpc) is 2.09. The third kappa shape index (κ3) is 2.74. The predicted molar refractivity (Wildman–Crippen MR) is 50.8 cm³/mol. The molecule has 0 spiro atoms. The predicted octanol–water partition coefficient (Wildman–Crippen LogP) is 2.03. The molecule has 2 nitrogen and oxygen atoms in total. The van der Waals surface area contributed by atoms with Crippen molar-refractivity contribution in [2.24, 2.45) is 4.99 Å². The van der Waals surface area contributed by atoms with Crippen LogP contribution >= 0.6 is 0 Å². The summed E-state index contributed by atoms with van der Waals surface area (Å²) in [5.41, 5.74) is 1.23. The number of nitrogens with zero attached hydrogens (tertiary/aromatic N) is 1. The van der Waals surface area contributed by atoms with Crippen LogP contribution in [0.3, 0.4) is 0 Å². The van der Waals surface area contributed by atoms with E-state index in [0.717, 1.165) is 19.4 Å². The number of aryl methyl sites for hydroxylation is 1. The third-order valence-corrected chi connectivity index (χ3v) is 1.72. The molecule has 0 bridgehead atoms. The van der Waals surface area contributed by atoms with E-state index in [9.17, 15) is 0 Å². The maximum atomic E-state index is 9.00. The van der Waals surface area contributed by atoms with Gasteiger partial charge in [-0.15, -0.1) is 0 Å². The van der Waals surface area contributed by atoms with Crippen LogP contribution in [0, 0.1) is 0 Å². The van der Waals surface area contributed by atoms with Crippen LogP contribution in [0.2, 0.25) is 0 Å². The first-order valence-electron chi connectivity index (χ1n) is 4.03. The molecule has 0 saturated carbocycles. The summed E-state index contributed by atoms with van der Waals surface area (Å²) in [4.78, 5) is 3.77. The fourth-order valence-electron chi connectivity index (χ4n) is 1.06. The van der Waals surface area contributed by atoms with E-state index in [0.29, 0.717) is 5.75 Å². The molecule has 0 aromatic heterocycles. The van der Waals surface area contributed by atoms with Gasteiger partial charge in [-0.3, -0.25) is 0 Å². The quantitative estimate of drug-likeness (QED) is 0.534. The van der Waals surface area contributed by atoms with Crippen molar-refractivity contribution in [2.75, 3.05) is 6.54 Å². The van der Waals surface area contributed by atoms with Crippen molar-refractivity contribution < 1.29 is 5.11 Å². The molecular formula is C10H13NO. The minimum atomic E-state index is 0.320. The summed E-state index contributed by atoms with van der Waals surface area (Å²) in [6.07, 6.45) is 2.02. The lowest BCUT2D eigenvalue weighted by atomic mass is 10.1. The second kappa shape index (κ2) is 4.54. The van der Waals surface area contributed by atoms with Crippen molar-refractivity contribution in [1.29, 1.82) is 0 Å². The highest BCUT2D eigenvalue weighted by molar-refractivity contribution is 5.26. The van der Waals surface area contributed by atoms with Crippen LogP contribution in [0.4, 0.5) is 0 Å². The second-order valence-electron chi connectivity index (χ2n) is 2.72. The van der Waals surface area contributed by atoms with Gasteiger partial charge in [0.1, 0.15) is 5.75 Å². The van der Waals surface area contributed by atoms with E-state index in [4.69, 9.17) is 5.11 Å². The lowest BCUT2D eigenvalue weighted by Crippen LogP contribution is -1.87. The van der Waals surface area contributed by atoms with E-state index >= 15 is 0 Å². The SMILES string of the molecule is C=NCCCc1ccc(O)cc1. The van der Waals surface area contributed by atoms with Gasteiger partial charge in [0.25, 0.3) is 0 Å². The first kappa shape index (κ1) is 8.78. The maximum absolute atomic E-state index is 9.00. The number of aromatic hydroxyl groups is 1. The second-order valence-corrected chi connectivity index (χ2v) is 2.72. The lowest BCUT2D eigenvalue weighted by Gasteiger charge is -1.98. The number of phenols is 1. The van der Waals surface area contributed by atoms with Crippen LogP contribution < -0.4 is 0 Å². The highest BCUT2D eigenvalue weighted by Crippen LogP contribution is 2.10. The van der Waals surface area contributed by atoms with Gasteiger partial charge in [0.05, 0.1) is 0 Å². The number of hydrogen-bond acceptors (Lipinski definition) is 2. The zero-order valence-corrected chi connectivity index (χ0v) is 7.03. The van der Waals surface area contributed by atoms with Gasteiger partial charge < -0.3 is 10.1 Å².